The van der Waals surface area contributed by atoms with E-state index in [0.717, 1.165) is 17.1 Å². The second-order valence-electron chi connectivity index (χ2n) is 6.97. The molecule has 1 saturated carbocycles. The number of hydrogen-bond acceptors (Lipinski definition) is 5. The maximum absolute atomic E-state index is 14.0. The minimum Gasteiger partial charge on any atom is -0.378 e. The zero-order valence-electron chi connectivity index (χ0n) is 14.6. The molecule has 1 aliphatic carbocycles. The normalized spacial score (nSPS) is 29.8. The molecule has 144 valence electrons. The molecule has 0 aromatic rings. The van der Waals surface area contributed by atoms with Crippen LogP contribution in [0.25, 0.3) is 0 Å². The predicted octanol–water partition coefficient (Wildman–Crippen LogP) is 0.403. The molecule has 0 aromatic carbocycles. The summed E-state index contributed by atoms with van der Waals surface area (Å²) in [5.41, 5.74) is 0. The Morgan fingerprint density at radius 2 is 2.00 bits per heavy atom. The van der Waals surface area contributed by atoms with Crippen LogP contribution >= 0.6 is 0 Å². The summed E-state index contributed by atoms with van der Waals surface area (Å²) in [4.78, 5) is 14.3. The molecule has 9 heteroatoms. The lowest BCUT2D eigenvalue weighted by atomic mass is 10.2. The Morgan fingerprint density at radius 1 is 1.32 bits per heavy atom. The first-order valence-corrected chi connectivity index (χ1v) is 10.6. The molecule has 1 unspecified atom stereocenters. The van der Waals surface area contributed by atoms with Gasteiger partial charge in [-0.3, -0.25) is 4.79 Å². The van der Waals surface area contributed by atoms with Gasteiger partial charge in [0.25, 0.3) is 0 Å². The summed E-state index contributed by atoms with van der Waals surface area (Å²) in [5, 5.41) is 0. The molecule has 2 heterocycles. The van der Waals surface area contributed by atoms with Crippen molar-refractivity contribution in [3.8, 4) is 0 Å². The second-order valence-corrected chi connectivity index (χ2v) is 8.93. The summed E-state index contributed by atoms with van der Waals surface area (Å²) >= 11 is 0. The van der Waals surface area contributed by atoms with Gasteiger partial charge in [-0.25, -0.2) is 12.8 Å². The SMILES string of the molecule is CCOC(CS(=O)(=O)N1C[C@H](F)C[C@H]1C(=O)N1CCOCC1)C1CC1. The van der Waals surface area contributed by atoms with Crippen molar-refractivity contribution in [3.05, 3.63) is 0 Å². The van der Waals surface area contributed by atoms with E-state index >= 15 is 0 Å². The van der Waals surface area contributed by atoms with E-state index in [0.29, 0.717) is 32.9 Å². The molecule has 0 radical (unpaired) electrons. The van der Waals surface area contributed by atoms with Crippen molar-refractivity contribution in [3.63, 3.8) is 0 Å². The first-order valence-electron chi connectivity index (χ1n) is 9.04. The van der Waals surface area contributed by atoms with Crippen LogP contribution in [0.15, 0.2) is 0 Å². The highest BCUT2D eigenvalue weighted by atomic mass is 32.2. The number of sulfonamides is 1. The van der Waals surface area contributed by atoms with Crippen molar-refractivity contribution in [2.75, 3.05) is 45.2 Å². The third-order valence-corrected chi connectivity index (χ3v) is 6.94. The monoisotopic (exact) mass is 378 g/mol. The van der Waals surface area contributed by atoms with E-state index in [9.17, 15) is 17.6 Å². The Labute approximate surface area is 148 Å². The molecule has 0 aromatic heterocycles. The largest absolute Gasteiger partial charge is 0.378 e. The molecule has 3 atom stereocenters. The lowest BCUT2D eigenvalue weighted by Gasteiger charge is -2.32. The first kappa shape index (κ1) is 19.0. The van der Waals surface area contributed by atoms with Gasteiger partial charge in [0.2, 0.25) is 15.9 Å². The molecule has 3 fully saturated rings. The van der Waals surface area contributed by atoms with Crippen LogP contribution in [0.4, 0.5) is 4.39 Å². The highest BCUT2D eigenvalue weighted by Crippen LogP contribution is 2.36. The van der Waals surface area contributed by atoms with Gasteiger partial charge < -0.3 is 14.4 Å². The number of halogens is 1. The van der Waals surface area contributed by atoms with E-state index in [2.05, 4.69) is 0 Å². The second kappa shape index (κ2) is 7.85. The van der Waals surface area contributed by atoms with Crippen molar-refractivity contribution >= 4 is 15.9 Å². The topological polar surface area (TPSA) is 76.2 Å². The van der Waals surface area contributed by atoms with Crippen LogP contribution in [0.3, 0.4) is 0 Å². The quantitative estimate of drug-likeness (QED) is 0.641. The number of morpholine rings is 1. The maximum atomic E-state index is 14.0. The molecule has 1 amide bonds. The summed E-state index contributed by atoms with van der Waals surface area (Å²) in [7, 11) is -3.76. The minimum atomic E-state index is -3.76. The average molecular weight is 378 g/mol. The molecule has 3 rings (SSSR count). The molecular formula is C16H27FN2O5S. The van der Waals surface area contributed by atoms with Crippen LogP contribution in [0, 0.1) is 5.92 Å². The number of alkyl halides is 1. The van der Waals surface area contributed by atoms with Gasteiger partial charge in [-0.2, -0.15) is 4.31 Å². The van der Waals surface area contributed by atoms with Crippen LogP contribution in [0.5, 0.6) is 0 Å². The fourth-order valence-corrected chi connectivity index (χ4v) is 5.52. The van der Waals surface area contributed by atoms with Gasteiger partial charge in [0, 0.05) is 32.7 Å². The van der Waals surface area contributed by atoms with Crippen LogP contribution < -0.4 is 0 Å². The van der Waals surface area contributed by atoms with Crippen molar-refractivity contribution in [2.45, 2.75) is 44.5 Å². The van der Waals surface area contributed by atoms with E-state index in [1.54, 1.807) is 4.90 Å². The number of rotatable bonds is 7. The Kier molecular flexibility index (Phi) is 5.97. The van der Waals surface area contributed by atoms with Gasteiger partial charge in [-0.1, -0.05) is 0 Å². The molecule has 2 aliphatic heterocycles. The Hall–Kier alpha value is -0.770. The first-order chi connectivity index (χ1) is 11.9. The summed E-state index contributed by atoms with van der Waals surface area (Å²) in [6.07, 6.45) is 0.173. The van der Waals surface area contributed by atoms with Crippen LogP contribution in [0.2, 0.25) is 0 Å². The number of carbonyl (C=O) groups excluding carboxylic acids is 1. The number of ether oxygens (including phenoxy) is 2. The number of carbonyl (C=O) groups is 1. The van der Waals surface area contributed by atoms with Gasteiger partial charge in [0.05, 0.1) is 25.1 Å². The van der Waals surface area contributed by atoms with Crippen molar-refractivity contribution in [1.82, 2.24) is 9.21 Å². The van der Waals surface area contributed by atoms with E-state index in [-0.39, 0.29) is 36.6 Å². The minimum absolute atomic E-state index is 0.0713. The molecule has 0 spiro atoms. The van der Waals surface area contributed by atoms with Gasteiger partial charge >= 0.3 is 0 Å². The molecule has 0 N–H and O–H groups in total. The van der Waals surface area contributed by atoms with Crippen molar-refractivity contribution < 1.29 is 27.1 Å². The van der Waals surface area contributed by atoms with Crippen molar-refractivity contribution in [1.29, 1.82) is 0 Å². The lowest BCUT2D eigenvalue weighted by Crippen LogP contribution is -2.52. The number of nitrogens with zero attached hydrogens (tertiary/aromatic N) is 2. The van der Waals surface area contributed by atoms with E-state index in [1.165, 1.54) is 0 Å². The van der Waals surface area contributed by atoms with Crippen LogP contribution in [0.1, 0.15) is 26.2 Å². The molecule has 3 aliphatic rings. The average Bonchev–Trinajstić information content (AvgIpc) is 3.36. The number of hydrogen-bond donors (Lipinski definition) is 0. The van der Waals surface area contributed by atoms with E-state index < -0.39 is 22.2 Å². The van der Waals surface area contributed by atoms with Gasteiger partial charge in [0.15, 0.2) is 0 Å². The third-order valence-electron chi connectivity index (χ3n) is 5.07. The highest BCUT2D eigenvalue weighted by Gasteiger charge is 2.47. The Balaban J connectivity index is 1.71. The van der Waals surface area contributed by atoms with E-state index in [1.807, 2.05) is 6.92 Å². The summed E-state index contributed by atoms with van der Waals surface area (Å²) in [6, 6.07) is -0.945. The number of amides is 1. The zero-order chi connectivity index (χ0) is 18.0. The highest BCUT2D eigenvalue weighted by molar-refractivity contribution is 7.89. The lowest BCUT2D eigenvalue weighted by molar-refractivity contribution is -0.138. The zero-order valence-corrected chi connectivity index (χ0v) is 15.4. The fraction of sp³-hybridized carbons (Fsp3) is 0.938. The molecule has 7 nitrogen and oxygen atoms in total. The Bertz CT molecular complexity index is 577. The van der Waals surface area contributed by atoms with Crippen LogP contribution in [-0.4, -0.2) is 87.1 Å². The van der Waals surface area contributed by atoms with Gasteiger partial charge in [-0.05, 0) is 25.7 Å². The maximum Gasteiger partial charge on any atom is 0.241 e. The molecular weight excluding hydrogens is 351 g/mol. The van der Waals surface area contributed by atoms with Crippen molar-refractivity contribution in [2.24, 2.45) is 5.92 Å². The summed E-state index contributed by atoms with van der Waals surface area (Å²) in [6.45, 7) is 3.73. The molecule has 0 bridgehead atoms. The Morgan fingerprint density at radius 3 is 2.60 bits per heavy atom. The van der Waals surface area contributed by atoms with Gasteiger partial charge in [-0.15, -0.1) is 0 Å². The summed E-state index contributed by atoms with van der Waals surface area (Å²) in [5.74, 6) is -0.233. The molecule has 25 heavy (non-hydrogen) atoms. The van der Waals surface area contributed by atoms with E-state index in [4.69, 9.17) is 9.47 Å². The smallest absolute Gasteiger partial charge is 0.241 e. The molecule has 2 saturated heterocycles. The van der Waals surface area contributed by atoms with Gasteiger partial charge in [0.1, 0.15) is 12.2 Å². The standard InChI is InChI=1S/C16H27FN2O5S/c1-2-24-15(12-3-4-12)11-25(21,22)19-10-13(17)9-14(19)16(20)18-5-7-23-8-6-18/h12-15H,2-11H2,1H3/t13-,14+,15?/m1/s1. The predicted molar refractivity (Wildman–Crippen MR) is 89.3 cm³/mol. The van der Waals surface area contributed by atoms with Crippen LogP contribution in [-0.2, 0) is 24.3 Å². The third kappa shape index (κ3) is 4.50. The fourth-order valence-electron chi connectivity index (χ4n) is 3.59. The summed E-state index contributed by atoms with van der Waals surface area (Å²) < 4.78 is 51.6.